The van der Waals surface area contributed by atoms with Crippen LogP contribution in [0.2, 0.25) is 0 Å². The fourth-order valence-corrected chi connectivity index (χ4v) is 4.10. The molecule has 2 heterocycles. The van der Waals surface area contributed by atoms with Crippen molar-refractivity contribution in [3.05, 3.63) is 89.2 Å². The highest BCUT2D eigenvalue weighted by atomic mass is 16.5. The number of amides is 1. The molecule has 0 saturated heterocycles. The Morgan fingerprint density at radius 1 is 1.03 bits per heavy atom. The summed E-state index contributed by atoms with van der Waals surface area (Å²) >= 11 is 0. The molecule has 4 aromatic rings. The second-order valence-electron chi connectivity index (χ2n) is 7.44. The summed E-state index contributed by atoms with van der Waals surface area (Å²) in [6.07, 6.45) is 0.781. The first-order valence-corrected chi connectivity index (χ1v) is 9.90. The molecule has 0 aliphatic heterocycles. The maximum atomic E-state index is 12.3. The number of ether oxygens (including phenoxy) is 1. The molecule has 0 fully saturated rings. The van der Waals surface area contributed by atoms with Gasteiger partial charge in [-0.05, 0) is 34.4 Å². The van der Waals surface area contributed by atoms with Crippen molar-refractivity contribution in [3.8, 4) is 11.1 Å². The molecule has 1 amide bonds. The lowest BCUT2D eigenvalue weighted by Gasteiger charge is -2.14. The number of carboxylic acid groups (broad SMARTS) is 1. The van der Waals surface area contributed by atoms with E-state index in [9.17, 15) is 9.59 Å². The van der Waals surface area contributed by atoms with Gasteiger partial charge >= 0.3 is 12.1 Å². The first-order valence-electron chi connectivity index (χ1n) is 9.90. The van der Waals surface area contributed by atoms with Gasteiger partial charge in [0.15, 0.2) is 0 Å². The Morgan fingerprint density at radius 2 is 1.71 bits per heavy atom. The quantitative estimate of drug-likeness (QED) is 0.453. The van der Waals surface area contributed by atoms with E-state index in [2.05, 4.69) is 39.6 Å². The highest BCUT2D eigenvalue weighted by Gasteiger charge is 2.28. The van der Waals surface area contributed by atoms with Crippen molar-refractivity contribution in [1.29, 1.82) is 0 Å². The topological polar surface area (TPSA) is 104 Å². The molecule has 0 atom stereocenters. The first kappa shape index (κ1) is 18.9. The number of carboxylic acids is 1. The maximum absolute atomic E-state index is 12.3. The number of rotatable bonds is 5. The molecule has 0 spiro atoms. The number of aromatic carboxylic acids is 1. The molecule has 154 valence electrons. The van der Waals surface area contributed by atoms with Gasteiger partial charge in [-0.3, -0.25) is 0 Å². The first-order chi connectivity index (χ1) is 15.1. The van der Waals surface area contributed by atoms with Gasteiger partial charge in [-0.1, -0.05) is 48.5 Å². The zero-order chi connectivity index (χ0) is 21.4. The number of H-pyrrole nitrogens is 1. The van der Waals surface area contributed by atoms with Crippen LogP contribution in [0.1, 0.15) is 33.1 Å². The highest BCUT2D eigenvalue weighted by Crippen LogP contribution is 2.44. The molecule has 2 aromatic carbocycles. The van der Waals surface area contributed by atoms with Gasteiger partial charge in [-0.2, -0.15) is 0 Å². The van der Waals surface area contributed by atoms with Crippen LogP contribution in [0.3, 0.4) is 0 Å². The van der Waals surface area contributed by atoms with Crippen LogP contribution in [0.15, 0.2) is 66.9 Å². The van der Waals surface area contributed by atoms with Crippen LogP contribution < -0.4 is 5.32 Å². The van der Waals surface area contributed by atoms with Crippen LogP contribution in [-0.2, 0) is 11.3 Å². The van der Waals surface area contributed by atoms with Crippen LogP contribution in [-0.4, -0.2) is 33.7 Å². The molecule has 5 rings (SSSR count). The lowest BCUT2D eigenvalue weighted by Crippen LogP contribution is -2.25. The van der Waals surface area contributed by atoms with Crippen molar-refractivity contribution in [2.45, 2.75) is 12.5 Å². The number of benzene rings is 2. The standard InChI is InChI=1S/C24H19N3O4/c28-23(29)15-9-14-10-16(27-22(14)25-11-15)12-26-24(30)31-13-21-19-7-3-1-5-17(19)18-6-2-4-8-20(18)21/h1-11,21H,12-13H2,(H,25,27)(H,26,30)(H,28,29). The zero-order valence-corrected chi connectivity index (χ0v) is 16.5. The number of aromatic nitrogens is 2. The number of aromatic amines is 1. The van der Waals surface area contributed by atoms with Gasteiger partial charge in [0.2, 0.25) is 0 Å². The third-order valence-electron chi connectivity index (χ3n) is 5.54. The molecule has 7 nitrogen and oxygen atoms in total. The summed E-state index contributed by atoms with van der Waals surface area (Å²) in [4.78, 5) is 30.6. The second kappa shape index (κ2) is 7.60. The Hall–Kier alpha value is -4.13. The van der Waals surface area contributed by atoms with Gasteiger partial charge in [-0.15, -0.1) is 0 Å². The molecular weight excluding hydrogens is 394 g/mol. The molecule has 31 heavy (non-hydrogen) atoms. The van der Waals surface area contributed by atoms with E-state index in [1.807, 2.05) is 24.3 Å². The number of hydrogen-bond acceptors (Lipinski definition) is 4. The molecule has 0 radical (unpaired) electrons. The molecule has 0 bridgehead atoms. The lowest BCUT2D eigenvalue weighted by molar-refractivity contribution is 0.0696. The van der Waals surface area contributed by atoms with Gasteiger partial charge in [0.25, 0.3) is 0 Å². The molecule has 2 aromatic heterocycles. The molecule has 3 N–H and O–H groups in total. The number of carbonyl (C=O) groups excluding carboxylic acids is 1. The summed E-state index contributed by atoms with van der Waals surface area (Å²) in [5, 5.41) is 12.5. The van der Waals surface area contributed by atoms with Crippen LogP contribution in [0, 0.1) is 0 Å². The minimum absolute atomic E-state index is 0.00451. The fraction of sp³-hybridized carbons (Fsp3) is 0.125. The van der Waals surface area contributed by atoms with Crippen molar-refractivity contribution >= 4 is 23.1 Å². The number of carbonyl (C=O) groups is 2. The van der Waals surface area contributed by atoms with Gasteiger partial charge in [0.05, 0.1) is 12.1 Å². The predicted octanol–water partition coefficient (Wildman–Crippen LogP) is 4.30. The normalized spacial score (nSPS) is 12.4. The number of alkyl carbamates (subject to hydrolysis) is 1. The number of nitrogens with zero attached hydrogens (tertiary/aromatic N) is 1. The van der Waals surface area contributed by atoms with Crippen molar-refractivity contribution in [2.24, 2.45) is 0 Å². The van der Waals surface area contributed by atoms with E-state index in [1.165, 1.54) is 23.4 Å². The van der Waals surface area contributed by atoms with Crippen molar-refractivity contribution in [1.82, 2.24) is 15.3 Å². The Kier molecular flexibility index (Phi) is 4.63. The zero-order valence-electron chi connectivity index (χ0n) is 16.5. The number of nitrogens with one attached hydrogen (secondary N) is 2. The molecule has 7 heteroatoms. The summed E-state index contributed by atoms with van der Waals surface area (Å²) in [6, 6.07) is 19.7. The number of hydrogen-bond donors (Lipinski definition) is 3. The summed E-state index contributed by atoms with van der Waals surface area (Å²) in [5.41, 5.74) is 6.06. The molecule has 1 aliphatic carbocycles. The van der Waals surface area contributed by atoms with Gasteiger partial charge < -0.3 is 20.1 Å². The molecule has 0 saturated carbocycles. The third-order valence-corrected chi connectivity index (χ3v) is 5.54. The Bertz CT molecular complexity index is 1270. The second-order valence-corrected chi connectivity index (χ2v) is 7.44. The Labute approximate surface area is 177 Å². The van der Waals surface area contributed by atoms with Crippen molar-refractivity contribution < 1.29 is 19.4 Å². The summed E-state index contributed by atoms with van der Waals surface area (Å²) in [5.74, 6) is -1.03. The Balaban J connectivity index is 1.24. The van der Waals surface area contributed by atoms with E-state index in [-0.39, 0.29) is 24.6 Å². The molecule has 0 unspecified atom stereocenters. The minimum atomic E-state index is -1.03. The SMILES string of the molecule is O=C(NCc1cc2cc(C(=O)O)cnc2[nH]1)OCC1c2ccccc2-c2ccccc21. The van der Waals surface area contributed by atoms with Crippen LogP contribution in [0.25, 0.3) is 22.2 Å². The molecular formula is C24H19N3O4. The monoisotopic (exact) mass is 413 g/mol. The van der Waals surface area contributed by atoms with E-state index in [4.69, 9.17) is 9.84 Å². The average molecular weight is 413 g/mol. The molecule has 1 aliphatic rings. The lowest BCUT2D eigenvalue weighted by atomic mass is 9.98. The van der Waals surface area contributed by atoms with Crippen LogP contribution >= 0.6 is 0 Å². The number of fused-ring (bicyclic) bond motifs is 4. The van der Waals surface area contributed by atoms with Crippen molar-refractivity contribution in [3.63, 3.8) is 0 Å². The van der Waals surface area contributed by atoms with Crippen molar-refractivity contribution in [2.75, 3.05) is 6.61 Å². The maximum Gasteiger partial charge on any atom is 0.407 e. The summed E-state index contributed by atoms with van der Waals surface area (Å²) < 4.78 is 5.53. The average Bonchev–Trinajstić information content (AvgIpc) is 3.34. The van der Waals surface area contributed by atoms with Gasteiger partial charge in [0.1, 0.15) is 12.3 Å². The van der Waals surface area contributed by atoms with Gasteiger partial charge in [-0.25, -0.2) is 14.6 Å². The van der Waals surface area contributed by atoms with Crippen LogP contribution in [0.5, 0.6) is 0 Å². The van der Waals surface area contributed by atoms with E-state index in [0.717, 1.165) is 11.1 Å². The van der Waals surface area contributed by atoms with E-state index >= 15 is 0 Å². The Morgan fingerprint density at radius 3 is 2.39 bits per heavy atom. The smallest absolute Gasteiger partial charge is 0.407 e. The number of pyridine rings is 1. The fourth-order valence-electron chi connectivity index (χ4n) is 4.10. The summed E-state index contributed by atoms with van der Waals surface area (Å²) in [6.45, 7) is 0.464. The van der Waals surface area contributed by atoms with Crippen LogP contribution in [0.4, 0.5) is 4.79 Å². The van der Waals surface area contributed by atoms with E-state index in [1.54, 1.807) is 6.07 Å². The van der Waals surface area contributed by atoms with E-state index < -0.39 is 12.1 Å². The van der Waals surface area contributed by atoms with E-state index in [0.29, 0.717) is 16.7 Å². The van der Waals surface area contributed by atoms with Gasteiger partial charge in [0, 0.05) is 23.2 Å². The highest BCUT2D eigenvalue weighted by molar-refractivity contribution is 5.92. The third kappa shape index (κ3) is 3.50. The largest absolute Gasteiger partial charge is 0.478 e. The minimum Gasteiger partial charge on any atom is -0.478 e. The summed E-state index contributed by atoms with van der Waals surface area (Å²) in [7, 11) is 0. The predicted molar refractivity (Wildman–Crippen MR) is 115 cm³/mol.